The fourth-order valence-electron chi connectivity index (χ4n) is 3.48. The number of carbonyl (C=O) groups excluding carboxylic acids is 2. The van der Waals surface area contributed by atoms with Gasteiger partial charge in [0.2, 0.25) is 21.8 Å². The molecule has 0 radical (unpaired) electrons. The number of hydrogen-bond acceptors (Lipinski definition) is 4. The van der Waals surface area contributed by atoms with E-state index in [1.807, 2.05) is 0 Å². The fraction of sp³-hybridized carbons (Fsp3) is 0.130. The van der Waals surface area contributed by atoms with Crippen LogP contribution < -0.4 is 10.2 Å². The minimum atomic E-state index is -4.01. The van der Waals surface area contributed by atoms with Gasteiger partial charge >= 0.3 is 0 Å². The van der Waals surface area contributed by atoms with Crippen LogP contribution in [0.5, 0.6) is 0 Å². The molecule has 0 spiro atoms. The van der Waals surface area contributed by atoms with Crippen molar-refractivity contribution < 1.29 is 18.0 Å². The lowest BCUT2D eigenvalue weighted by Gasteiger charge is -2.31. The number of nitrogens with zero attached hydrogens (tertiary/aromatic N) is 2. The summed E-state index contributed by atoms with van der Waals surface area (Å²) in [7, 11) is -4.01. The van der Waals surface area contributed by atoms with Gasteiger partial charge in [-0.1, -0.05) is 60.1 Å². The molecular formula is C23H20ClN3O4S. The highest BCUT2D eigenvalue weighted by atomic mass is 35.5. The smallest absolute Gasteiger partial charge is 0.244 e. The Morgan fingerprint density at radius 2 is 1.62 bits per heavy atom. The number of para-hydroxylation sites is 2. The molecule has 0 saturated carbocycles. The molecule has 1 aliphatic heterocycles. The number of nitrogens with one attached hydrogen (secondary N) is 1. The molecule has 1 aliphatic rings. The molecule has 0 bridgehead atoms. The zero-order valence-electron chi connectivity index (χ0n) is 16.9. The summed E-state index contributed by atoms with van der Waals surface area (Å²) in [5.41, 5.74) is 1.59. The maximum absolute atomic E-state index is 13.4. The molecule has 4 rings (SSSR count). The van der Waals surface area contributed by atoms with Crippen LogP contribution in [0.3, 0.4) is 0 Å². The van der Waals surface area contributed by atoms with Crippen LogP contribution in [0.4, 0.5) is 11.4 Å². The first-order chi connectivity index (χ1) is 15.4. The van der Waals surface area contributed by atoms with Crippen molar-refractivity contribution in [3.63, 3.8) is 0 Å². The first-order valence-corrected chi connectivity index (χ1v) is 11.7. The highest BCUT2D eigenvalue weighted by Gasteiger charge is 2.32. The number of sulfonamides is 1. The largest absolute Gasteiger partial charge is 0.323 e. The Bertz CT molecular complexity index is 1260. The van der Waals surface area contributed by atoms with E-state index in [-0.39, 0.29) is 23.9 Å². The van der Waals surface area contributed by atoms with E-state index in [1.54, 1.807) is 66.7 Å². The third kappa shape index (κ3) is 4.52. The molecule has 7 nitrogen and oxygen atoms in total. The van der Waals surface area contributed by atoms with Gasteiger partial charge in [0.05, 0.1) is 22.8 Å². The number of carbonyl (C=O) groups is 2. The van der Waals surface area contributed by atoms with Crippen LogP contribution in [0.2, 0.25) is 5.02 Å². The maximum Gasteiger partial charge on any atom is 0.244 e. The minimum Gasteiger partial charge on any atom is -0.323 e. The molecule has 0 unspecified atom stereocenters. The molecule has 0 fully saturated rings. The zero-order chi connectivity index (χ0) is 22.7. The Hall–Kier alpha value is -3.20. The first-order valence-electron chi connectivity index (χ1n) is 9.84. The molecule has 164 valence electrons. The number of amides is 2. The molecule has 2 amide bonds. The molecule has 0 saturated heterocycles. The number of hydrogen-bond donors (Lipinski definition) is 1. The predicted octanol–water partition coefficient (Wildman–Crippen LogP) is 3.52. The van der Waals surface area contributed by atoms with Crippen molar-refractivity contribution in [2.24, 2.45) is 0 Å². The van der Waals surface area contributed by atoms with Crippen LogP contribution in [0.15, 0.2) is 83.8 Å². The molecule has 3 aromatic rings. The number of fused-ring (bicyclic) bond motifs is 1. The third-order valence-electron chi connectivity index (χ3n) is 5.07. The van der Waals surface area contributed by atoms with Crippen molar-refractivity contribution in [3.05, 3.63) is 89.4 Å². The summed E-state index contributed by atoms with van der Waals surface area (Å²) in [6.07, 6.45) is 0. The van der Waals surface area contributed by atoms with E-state index in [0.717, 1.165) is 4.31 Å². The molecule has 1 N–H and O–H groups in total. The minimum absolute atomic E-state index is 0.0663. The van der Waals surface area contributed by atoms with Crippen molar-refractivity contribution in [1.82, 2.24) is 4.31 Å². The van der Waals surface area contributed by atoms with Gasteiger partial charge in [0, 0.05) is 11.6 Å². The van der Waals surface area contributed by atoms with Gasteiger partial charge < -0.3 is 5.32 Å². The first kappa shape index (κ1) is 22.0. The highest BCUT2D eigenvalue weighted by Crippen LogP contribution is 2.30. The van der Waals surface area contributed by atoms with Gasteiger partial charge in [-0.05, 0) is 35.9 Å². The van der Waals surface area contributed by atoms with E-state index in [2.05, 4.69) is 5.32 Å². The summed E-state index contributed by atoms with van der Waals surface area (Å²) in [6, 6.07) is 21.7. The van der Waals surface area contributed by atoms with Gasteiger partial charge in [0.15, 0.2) is 0 Å². The molecule has 9 heteroatoms. The van der Waals surface area contributed by atoms with E-state index < -0.39 is 22.5 Å². The third-order valence-corrected chi connectivity index (χ3v) is 7.24. The fourth-order valence-corrected chi connectivity index (χ4v) is 5.06. The van der Waals surface area contributed by atoms with E-state index >= 15 is 0 Å². The Morgan fingerprint density at radius 1 is 0.969 bits per heavy atom. The van der Waals surface area contributed by atoms with Gasteiger partial charge in [-0.3, -0.25) is 14.5 Å². The monoisotopic (exact) mass is 469 g/mol. The van der Waals surface area contributed by atoms with Crippen LogP contribution in [-0.2, 0) is 26.2 Å². The predicted molar refractivity (Wildman–Crippen MR) is 123 cm³/mol. The SMILES string of the molecule is O=C1CN(C(=O)CN(Cc2ccccc2Cl)S(=O)(=O)c2ccccc2)c2ccccc2N1. The summed E-state index contributed by atoms with van der Waals surface area (Å²) >= 11 is 6.27. The molecular weight excluding hydrogens is 450 g/mol. The molecule has 32 heavy (non-hydrogen) atoms. The van der Waals surface area contributed by atoms with Crippen LogP contribution in [-0.4, -0.2) is 37.6 Å². The van der Waals surface area contributed by atoms with Crippen molar-refractivity contribution in [2.45, 2.75) is 11.4 Å². The Labute approximate surface area is 191 Å². The second kappa shape index (κ2) is 9.12. The Balaban J connectivity index is 1.69. The lowest BCUT2D eigenvalue weighted by molar-refractivity contribution is -0.122. The molecule has 0 aromatic heterocycles. The number of benzene rings is 3. The average molecular weight is 470 g/mol. The lowest BCUT2D eigenvalue weighted by Crippen LogP contribution is -2.47. The van der Waals surface area contributed by atoms with Gasteiger partial charge in [-0.15, -0.1) is 0 Å². The summed E-state index contributed by atoms with van der Waals surface area (Å²) in [5.74, 6) is -0.862. The lowest BCUT2D eigenvalue weighted by atomic mass is 10.2. The van der Waals surface area contributed by atoms with Crippen LogP contribution in [0.1, 0.15) is 5.56 Å². The topological polar surface area (TPSA) is 86.8 Å². The quantitative estimate of drug-likeness (QED) is 0.598. The summed E-state index contributed by atoms with van der Waals surface area (Å²) < 4.78 is 27.9. The average Bonchev–Trinajstić information content (AvgIpc) is 2.80. The van der Waals surface area contributed by atoms with Crippen molar-refractivity contribution >= 4 is 44.8 Å². The van der Waals surface area contributed by atoms with Gasteiger partial charge in [-0.2, -0.15) is 4.31 Å². The van der Waals surface area contributed by atoms with Gasteiger partial charge in [0.1, 0.15) is 6.54 Å². The van der Waals surface area contributed by atoms with Crippen LogP contribution in [0.25, 0.3) is 0 Å². The zero-order valence-corrected chi connectivity index (χ0v) is 18.5. The van der Waals surface area contributed by atoms with Gasteiger partial charge in [-0.25, -0.2) is 8.42 Å². The normalized spacial score (nSPS) is 13.6. The van der Waals surface area contributed by atoms with E-state index in [1.165, 1.54) is 17.0 Å². The molecule has 3 aromatic carbocycles. The molecule has 0 aliphatic carbocycles. The van der Waals surface area contributed by atoms with E-state index in [9.17, 15) is 18.0 Å². The van der Waals surface area contributed by atoms with E-state index in [4.69, 9.17) is 11.6 Å². The Morgan fingerprint density at radius 3 is 2.38 bits per heavy atom. The second-order valence-electron chi connectivity index (χ2n) is 7.22. The van der Waals surface area contributed by atoms with Crippen LogP contribution in [0, 0.1) is 0 Å². The number of rotatable bonds is 6. The van der Waals surface area contributed by atoms with Gasteiger partial charge in [0.25, 0.3) is 0 Å². The Kier molecular flexibility index (Phi) is 6.27. The van der Waals surface area contributed by atoms with Crippen LogP contribution >= 0.6 is 11.6 Å². The van der Waals surface area contributed by atoms with Crippen molar-refractivity contribution in [2.75, 3.05) is 23.3 Å². The molecule has 1 heterocycles. The standard InChI is InChI=1S/C23H20ClN3O4S/c24-19-11-5-4-8-17(19)14-26(32(30,31)18-9-2-1-3-10-18)16-23(29)27-15-22(28)25-20-12-6-7-13-21(20)27/h1-13H,14-16H2,(H,25,28). The van der Waals surface area contributed by atoms with E-state index in [0.29, 0.717) is 22.0 Å². The number of anilines is 2. The molecule has 0 atom stereocenters. The number of halogens is 1. The second-order valence-corrected chi connectivity index (χ2v) is 9.57. The summed E-state index contributed by atoms with van der Waals surface area (Å²) in [4.78, 5) is 26.8. The van der Waals surface area contributed by atoms with Crippen molar-refractivity contribution in [1.29, 1.82) is 0 Å². The highest BCUT2D eigenvalue weighted by molar-refractivity contribution is 7.89. The maximum atomic E-state index is 13.4. The summed E-state index contributed by atoms with van der Waals surface area (Å²) in [5, 5.41) is 3.12. The summed E-state index contributed by atoms with van der Waals surface area (Å²) in [6.45, 7) is -0.741. The van der Waals surface area contributed by atoms with Crippen molar-refractivity contribution in [3.8, 4) is 0 Å².